The van der Waals surface area contributed by atoms with Gasteiger partial charge in [0.2, 0.25) is 0 Å². The van der Waals surface area contributed by atoms with E-state index >= 15 is 0 Å². The topological polar surface area (TPSA) is 90.7 Å². The average Bonchev–Trinajstić information content (AvgIpc) is 1.97. The lowest BCUT2D eigenvalue weighted by atomic mass is 10.7. The Morgan fingerprint density at radius 3 is 2.33 bits per heavy atom. The van der Waals surface area contributed by atoms with E-state index in [1.807, 2.05) is 0 Å². The maximum absolute atomic E-state index is 10.3. The molecule has 0 bridgehead atoms. The highest BCUT2D eigenvalue weighted by Gasteiger charge is 2.33. The van der Waals surface area contributed by atoms with Crippen molar-refractivity contribution in [3.05, 3.63) is 5.21 Å². The molecule has 52 valence electrons. The van der Waals surface area contributed by atoms with Gasteiger partial charge >= 0.3 is 16.1 Å². The zero-order valence-corrected chi connectivity index (χ0v) is 5.06. The van der Waals surface area contributed by atoms with Crippen molar-refractivity contribution in [1.29, 1.82) is 0 Å². The first-order chi connectivity index (χ1) is 4.04. The van der Waals surface area contributed by atoms with Gasteiger partial charge in [0.25, 0.3) is 0 Å². The molecule has 1 aliphatic heterocycles. The number of hydrogen-bond donors (Lipinski definition) is 2. The fourth-order valence-electron chi connectivity index (χ4n) is 0.448. The molecule has 0 radical (unpaired) electrons. The number of carbonyl (C=O) groups is 1. The molecule has 1 saturated heterocycles. The highest BCUT2D eigenvalue weighted by molar-refractivity contribution is 7.83. The van der Waals surface area contributed by atoms with Gasteiger partial charge in [-0.25, -0.2) is 4.79 Å². The zero-order valence-electron chi connectivity index (χ0n) is 4.25. The third-order valence-electron chi connectivity index (χ3n) is 0.894. The van der Waals surface area contributed by atoms with Crippen LogP contribution in [0, 0.1) is 5.21 Å². The molecule has 1 atom stereocenters. The molecule has 2 N–H and O–H groups in total. The molecule has 1 aliphatic rings. The van der Waals surface area contributed by atoms with Crippen molar-refractivity contribution in [2.45, 2.75) is 0 Å². The molecule has 0 aromatic carbocycles. The van der Waals surface area contributed by atoms with E-state index in [0.717, 1.165) is 0 Å². The lowest BCUT2D eigenvalue weighted by molar-refractivity contribution is -0.612. The number of carbonyl (C=O) groups excluding carboxylic acids is 1. The minimum Gasteiger partial charge on any atom is -0.609 e. The Morgan fingerprint density at radius 2 is 2.22 bits per heavy atom. The summed E-state index contributed by atoms with van der Waals surface area (Å²) in [7, 11) is -3.91. The Hall–Kier alpha value is -0.500. The van der Waals surface area contributed by atoms with Crippen LogP contribution in [0.25, 0.3) is 0 Å². The van der Waals surface area contributed by atoms with Crippen molar-refractivity contribution < 1.29 is 17.7 Å². The summed E-state index contributed by atoms with van der Waals surface area (Å²) < 4.78 is 21.0. The summed E-state index contributed by atoms with van der Waals surface area (Å²) in [5.74, 6) is -0.894. The third-order valence-corrected chi connectivity index (χ3v) is 2.13. The van der Waals surface area contributed by atoms with E-state index < -0.39 is 20.6 Å². The minimum absolute atomic E-state index is 0.388. The molecule has 0 aliphatic carbocycles. The van der Waals surface area contributed by atoms with E-state index in [-0.39, 0.29) is 6.54 Å². The SMILES string of the molecule is O=C1CNS(=O)(=O)[NH+]1[O-]. The van der Waals surface area contributed by atoms with Gasteiger partial charge in [-0.15, -0.1) is 0 Å². The molecule has 0 saturated carbocycles. The second-order valence-electron chi connectivity index (χ2n) is 1.54. The molecule has 0 spiro atoms. The van der Waals surface area contributed by atoms with Crippen LogP contribution in [-0.4, -0.2) is 20.9 Å². The van der Waals surface area contributed by atoms with Gasteiger partial charge < -0.3 is 5.21 Å². The van der Waals surface area contributed by atoms with Gasteiger partial charge in [-0.05, 0) is 0 Å². The molecule has 9 heavy (non-hydrogen) atoms. The number of hydroxylamine groups is 1. The highest BCUT2D eigenvalue weighted by Crippen LogP contribution is 1.75. The van der Waals surface area contributed by atoms with Gasteiger partial charge in [-0.1, -0.05) is 0 Å². The van der Waals surface area contributed by atoms with E-state index in [1.54, 1.807) is 4.72 Å². The summed E-state index contributed by atoms with van der Waals surface area (Å²) in [6.45, 7) is -0.388. The van der Waals surface area contributed by atoms with Gasteiger partial charge in [-0.3, -0.25) is 0 Å². The molecule has 1 unspecified atom stereocenters. The average molecular weight is 152 g/mol. The first kappa shape index (κ1) is 6.62. The van der Waals surface area contributed by atoms with Crippen LogP contribution in [0.3, 0.4) is 0 Å². The summed E-state index contributed by atoms with van der Waals surface area (Å²) in [6.07, 6.45) is 0. The monoisotopic (exact) mass is 152 g/mol. The first-order valence-corrected chi connectivity index (χ1v) is 3.59. The molecule has 1 amide bonds. The lowest BCUT2D eigenvalue weighted by Crippen LogP contribution is -3.10. The number of amides is 1. The number of rotatable bonds is 0. The van der Waals surface area contributed by atoms with Gasteiger partial charge in [0.05, 0.1) is 0 Å². The second kappa shape index (κ2) is 1.74. The van der Waals surface area contributed by atoms with Crippen LogP contribution < -0.4 is 9.19 Å². The zero-order chi connectivity index (χ0) is 7.07. The van der Waals surface area contributed by atoms with Gasteiger partial charge in [0.15, 0.2) is 0 Å². The summed E-state index contributed by atoms with van der Waals surface area (Å²) in [6, 6.07) is 0. The fourth-order valence-corrected chi connectivity index (χ4v) is 1.27. The summed E-state index contributed by atoms with van der Waals surface area (Å²) in [5.41, 5.74) is 0. The summed E-state index contributed by atoms with van der Waals surface area (Å²) >= 11 is 0. The smallest absolute Gasteiger partial charge is 0.376 e. The summed E-state index contributed by atoms with van der Waals surface area (Å²) in [5, 5.41) is 10.2. The predicted octanol–water partition coefficient (Wildman–Crippen LogP) is -3.26. The Balaban J connectivity index is 3.00. The molecule has 0 aromatic heterocycles. The van der Waals surface area contributed by atoms with Gasteiger partial charge in [0, 0.05) is 0 Å². The molecule has 1 rings (SSSR count). The van der Waals surface area contributed by atoms with Crippen LogP contribution in [0.2, 0.25) is 0 Å². The number of nitrogens with one attached hydrogen (secondary N) is 2. The van der Waals surface area contributed by atoms with E-state index in [4.69, 9.17) is 0 Å². The normalized spacial score (nSPS) is 33.0. The van der Waals surface area contributed by atoms with Crippen molar-refractivity contribution in [3.8, 4) is 0 Å². The predicted molar refractivity (Wildman–Crippen MR) is 26.3 cm³/mol. The molecule has 1 fully saturated rings. The van der Waals surface area contributed by atoms with Crippen LogP contribution in [0.5, 0.6) is 0 Å². The molecule has 1 heterocycles. The van der Waals surface area contributed by atoms with Crippen molar-refractivity contribution in [3.63, 3.8) is 0 Å². The fraction of sp³-hybridized carbons (Fsp3) is 0.500. The maximum atomic E-state index is 10.3. The highest BCUT2D eigenvalue weighted by atomic mass is 32.2. The standard InChI is InChI=1S/C2H4N2O4S/c5-2-1-3-9(7,8)4(2)6/h3-4H,1H2. The Labute approximate surface area is 51.2 Å². The Kier molecular flexibility index (Phi) is 1.28. The van der Waals surface area contributed by atoms with Crippen molar-refractivity contribution >= 4 is 16.1 Å². The van der Waals surface area contributed by atoms with E-state index in [9.17, 15) is 18.4 Å². The van der Waals surface area contributed by atoms with Gasteiger partial charge in [0.1, 0.15) is 6.54 Å². The van der Waals surface area contributed by atoms with Crippen LogP contribution in [0.1, 0.15) is 0 Å². The molecule has 7 heteroatoms. The minimum atomic E-state index is -3.91. The van der Waals surface area contributed by atoms with Crippen LogP contribution >= 0.6 is 0 Å². The first-order valence-electron chi connectivity index (χ1n) is 2.11. The van der Waals surface area contributed by atoms with Crippen LogP contribution in [-0.2, 0) is 15.0 Å². The van der Waals surface area contributed by atoms with Gasteiger partial charge in [-0.2, -0.15) is 17.6 Å². The van der Waals surface area contributed by atoms with Crippen molar-refractivity contribution in [2.24, 2.45) is 0 Å². The number of quaternary nitrogens is 1. The summed E-state index contributed by atoms with van der Waals surface area (Å²) in [4.78, 5) is 10.2. The largest absolute Gasteiger partial charge is 0.609 e. The van der Waals surface area contributed by atoms with Crippen molar-refractivity contribution in [2.75, 3.05) is 6.54 Å². The second-order valence-corrected chi connectivity index (χ2v) is 3.20. The molecular weight excluding hydrogens is 148 g/mol. The van der Waals surface area contributed by atoms with E-state index in [1.165, 1.54) is 0 Å². The lowest BCUT2D eigenvalue weighted by Gasteiger charge is -2.07. The number of hydrogen-bond acceptors (Lipinski definition) is 4. The maximum Gasteiger partial charge on any atom is 0.376 e. The molecule has 6 nitrogen and oxygen atoms in total. The van der Waals surface area contributed by atoms with Crippen LogP contribution in [0.4, 0.5) is 0 Å². The van der Waals surface area contributed by atoms with Crippen LogP contribution in [0.15, 0.2) is 0 Å². The van der Waals surface area contributed by atoms with Crippen molar-refractivity contribution in [1.82, 2.24) is 4.72 Å². The quantitative estimate of drug-likeness (QED) is 0.356. The van der Waals surface area contributed by atoms with E-state index in [2.05, 4.69) is 0 Å². The Morgan fingerprint density at radius 1 is 1.67 bits per heavy atom. The Bertz CT molecular complexity index is 231. The molecule has 0 aromatic rings. The third kappa shape index (κ3) is 0.944. The van der Waals surface area contributed by atoms with E-state index in [0.29, 0.717) is 0 Å². The molecular formula is C2H4N2O4S.